The Balaban J connectivity index is 1.44. The van der Waals surface area contributed by atoms with Crippen LogP contribution >= 0.6 is 0 Å². The Labute approximate surface area is 238 Å². The van der Waals surface area contributed by atoms with Crippen molar-refractivity contribution >= 4 is 5.97 Å². The zero-order chi connectivity index (χ0) is 28.6. The van der Waals surface area contributed by atoms with Crippen LogP contribution < -0.4 is 9.47 Å². The van der Waals surface area contributed by atoms with Gasteiger partial charge < -0.3 is 9.47 Å². The summed E-state index contributed by atoms with van der Waals surface area (Å²) in [4.78, 5) is 12.6. The van der Waals surface area contributed by atoms with Crippen LogP contribution in [0.5, 0.6) is 11.5 Å². The number of ether oxygens (including phenoxy) is 2. The van der Waals surface area contributed by atoms with Crippen molar-refractivity contribution in [3.63, 3.8) is 0 Å². The monoisotopic (exact) mass is 550 g/mol. The van der Waals surface area contributed by atoms with E-state index in [1.165, 1.54) is 63.5 Å². The largest absolute Gasteiger partial charge is 0.494 e. The topological polar surface area (TPSA) is 35.5 Å². The van der Waals surface area contributed by atoms with Crippen molar-refractivity contribution in [3.8, 4) is 22.6 Å². The first-order chi connectivity index (χ1) is 19.5. The van der Waals surface area contributed by atoms with Crippen LogP contribution in [0.2, 0.25) is 0 Å². The van der Waals surface area contributed by atoms with E-state index in [-0.39, 0.29) is 5.56 Å². The van der Waals surface area contributed by atoms with Crippen molar-refractivity contribution in [3.05, 3.63) is 83.4 Å². The van der Waals surface area contributed by atoms with E-state index in [2.05, 4.69) is 13.8 Å². The summed E-state index contributed by atoms with van der Waals surface area (Å²) in [5.41, 5.74) is 2.48. The summed E-state index contributed by atoms with van der Waals surface area (Å²) >= 11 is 0. The molecule has 0 fully saturated rings. The molecule has 0 aliphatic heterocycles. The lowest BCUT2D eigenvalue weighted by Crippen LogP contribution is -2.10. The van der Waals surface area contributed by atoms with Gasteiger partial charge in [-0.1, -0.05) is 108 Å². The van der Waals surface area contributed by atoms with E-state index in [4.69, 9.17) is 9.47 Å². The molecular formula is C35H44F2O3. The molecule has 0 unspecified atom stereocenters. The van der Waals surface area contributed by atoms with Gasteiger partial charge in [-0.15, -0.1) is 0 Å². The van der Waals surface area contributed by atoms with Gasteiger partial charge in [-0.3, -0.25) is 0 Å². The smallest absolute Gasteiger partial charge is 0.343 e. The first-order valence-electron chi connectivity index (χ1n) is 15.1. The fourth-order valence-electron chi connectivity index (χ4n) is 4.71. The summed E-state index contributed by atoms with van der Waals surface area (Å²) in [5, 5.41) is 0. The molecule has 5 heteroatoms. The minimum Gasteiger partial charge on any atom is -0.494 e. The molecule has 0 aromatic heterocycles. The molecule has 0 aliphatic carbocycles. The fraction of sp³-hybridized carbons (Fsp3) is 0.457. The Morgan fingerprint density at radius 2 is 1.18 bits per heavy atom. The van der Waals surface area contributed by atoms with E-state index in [9.17, 15) is 13.6 Å². The highest BCUT2D eigenvalue weighted by molar-refractivity contribution is 5.91. The summed E-state index contributed by atoms with van der Waals surface area (Å²) in [7, 11) is 0. The molecule has 0 atom stereocenters. The highest BCUT2D eigenvalue weighted by Gasteiger charge is 2.18. The van der Waals surface area contributed by atoms with Gasteiger partial charge in [-0.25, -0.2) is 9.18 Å². The van der Waals surface area contributed by atoms with E-state index in [0.717, 1.165) is 49.2 Å². The third kappa shape index (κ3) is 10.1. The quantitative estimate of drug-likeness (QED) is 0.0898. The first kappa shape index (κ1) is 31.3. The number of aryl methyl sites for hydroxylation is 1. The second kappa shape index (κ2) is 17.5. The highest BCUT2D eigenvalue weighted by Crippen LogP contribution is 2.26. The van der Waals surface area contributed by atoms with Crippen LogP contribution in [0.3, 0.4) is 0 Å². The minimum atomic E-state index is -1.13. The van der Waals surface area contributed by atoms with Crippen LogP contribution in [0, 0.1) is 11.6 Å². The van der Waals surface area contributed by atoms with Gasteiger partial charge in [0.2, 0.25) is 5.82 Å². The molecule has 3 nitrogen and oxygen atoms in total. The molecule has 0 saturated carbocycles. The molecule has 0 spiro atoms. The number of benzene rings is 3. The lowest BCUT2D eigenvalue weighted by atomic mass is 10.0. The maximum atomic E-state index is 14.5. The summed E-state index contributed by atoms with van der Waals surface area (Å²) in [6, 6.07) is 17.6. The molecule has 0 bridgehead atoms. The zero-order valence-electron chi connectivity index (χ0n) is 24.2. The maximum Gasteiger partial charge on any atom is 0.343 e. The molecule has 0 amide bonds. The van der Waals surface area contributed by atoms with Crippen LogP contribution in [0.1, 0.15) is 107 Å². The molecule has 0 N–H and O–H groups in total. The number of carbonyl (C=O) groups excluding carboxylic acids is 1. The van der Waals surface area contributed by atoms with Gasteiger partial charge in [0.1, 0.15) is 5.75 Å². The molecule has 40 heavy (non-hydrogen) atoms. The molecule has 3 aromatic rings. The third-order valence-electron chi connectivity index (χ3n) is 7.20. The van der Waals surface area contributed by atoms with E-state index < -0.39 is 23.4 Å². The summed E-state index contributed by atoms with van der Waals surface area (Å²) in [5.74, 6) is -2.36. The second-order valence-corrected chi connectivity index (χ2v) is 10.5. The molecule has 0 heterocycles. The molecular weight excluding hydrogens is 506 g/mol. The molecule has 0 saturated heterocycles. The number of carbonyl (C=O) groups is 1. The van der Waals surface area contributed by atoms with Crippen LogP contribution in [0.25, 0.3) is 11.1 Å². The predicted molar refractivity (Wildman–Crippen MR) is 159 cm³/mol. The number of esters is 1. The van der Waals surface area contributed by atoms with Crippen LogP contribution in [0.4, 0.5) is 8.78 Å². The Morgan fingerprint density at radius 1 is 0.625 bits per heavy atom. The summed E-state index contributed by atoms with van der Waals surface area (Å²) < 4.78 is 40.0. The SMILES string of the molecule is CCCCCCCCCCCOc1ccc(-c2ccc(C(=O)Oc3ccc(CCCCC)c(F)c3F)cc2)cc1. The average molecular weight is 551 g/mol. The Kier molecular flexibility index (Phi) is 13.7. The van der Waals surface area contributed by atoms with Crippen LogP contribution in [-0.4, -0.2) is 12.6 Å². The van der Waals surface area contributed by atoms with Gasteiger partial charge >= 0.3 is 5.97 Å². The van der Waals surface area contributed by atoms with Gasteiger partial charge in [-0.05, 0) is 66.3 Å². The normalized spacial score (nSPS) is 11.0. The number of halogens is 2. The van der Waals surface area contributed by atoms with Crippen molar-refractivity contribution in [2.75, 3.05) is 6.61 Å². The van der Waals surface area contributed by atoms with Gasteiger partial charge in [0.25, 0.3) is 0 Å². The first-order valence-corrected chi connectivity index (χ1v) is 15.1. The zero-order valence-corrected chi connectivity index (χ0v) is 24.2. The molecule has 0 radical (unpaired) electrons. The van der Waals surface area contributed by atoms with Gasteiger partial charge in [0.15, 0.2) is 11.6 Å². The Bertz CT molecular complexity index is 1160. The number of rotatable bonds is 18. The third-order valence-corrected chi connectivity index (χ3v) is 7.20. The minimum absolute atomic E-state index is 0.261. The van der Waals surface area contributed by atoms with E-state index in [1.54, 1.807) is 12.1 Å². The lowest BCUT2D eigenvalue weighted by molar-refractivity contribution is 0.0726. The Morgan fingerprint density at radius 3 is 1.80 bits per heavy atom. The van der Waals surface area contributed by atoms with Crippen LogP contribution in [-0.2, 0) is 6.42 Å². The van der Waals surface area contributed by atoms with Crippen molar-refractivity contribution < 1.29 is 23.0 Å². The van der Waals surface area contributed by atoms with Crippen molar-refractivity contribution in [1.29, 1.82) is 0 Å². The van der Waals surface area contributed by atoms with E-state index >= 15 is 0 Å². The van der Waals surface area contributed by atoms with Crippen LogP contribution in [0.15, 0.2) is 60.7 Å². The van der Waals surface area contributed by atoms with Crippen molar-refractivity contribution in [1.82, 2.24) is 0 Å². The van der Waals surface area contributed by atoms with Gasteiger partial charge in [-0.2, -0.15) is 4.39 Å². The fourth-order valence-corrected chi connectivity index (χ4v) is 4.71. The number of hydrogen-bond donors (Lipinski definition) is 0. The van der Waals surface area contributed by atoms with E-state index in [1.807, 2.05) is 36.4 Å². The summed E-state index contributed by atoms with van der Waals surface area (Å²) in [6.45, 7) is 5.02. The van der Waals surface area contributed by atoms with Crippen molar-refractivity contribution in [2.24, 2.45) is 0 Å². The van der Waals surface area contributed by atoms with Crippen molar-refractivity contribution in [2.45, 2.75) is 97.3 Å². The summed E-state index contributed by atoms with van der Waals surface area (Å²) in [6.07, 6.45) is 14.8. The average Bonchev–Trinajstić information content (AvgIpc) is 2.98. The van der Waals surface area contributed by atoms with E-state index in [0.29, 0.717) is 12.0 Å². The lowest BCUT2D eigenvalue weighted by Gasteiger charge is -2.10. The molecule has 3 aromatic carbocycles. The Hall–Kier alpha value is -3.21. The van der Waals surface area contributed by atoms with Gasteiger partial charge in [0.05, 0.1) is 12.2 Å². The number of hydrogen-bond acceptors (Lipinski definition) is 3. The predicted octanol–water partition coefficient (Wildman–Crippen LogP) is 10.5. The standard InChI is InChI=1S/C35H44F2O3/c1-3-5-7-8-9-10-11-12-14-26-39-31-23-20-28(21-24-31)27-16-18-30(19-17-27)35(38)40-32-25-22-29(15-13-6-4-2)33(36)34(32)37/h16-25H,3-15,26H2,1-2H3. The molecule has 216 valence electrons. The molecule has 0 aliphatic rings. The maximum absolute atomic E-state index is 14.5. The highest BCUT2D eigenvalue weighted by atomic mass is 19.2. The second-order valence-electron chi connectivity index (χ2n) is 10.5. The molecule has 3 rings (SSSR count). The van der Waals surface area contributed by atoms with Gasteiger partial charge in [0, 0.05) is 0 Å². The number of unbranched alkanes of at least 4 members (excludes halogenated alkanes) is 10.